The first-order valence-corrected chi connectivity index (χ1v) is 12.8. The summed E-state index contributed by atoms with van der Waals surface area (Å²) in [4.78, 5) is 28.6. The molecular weight excluding hydrogens is 537 g/mol. The van der Waals surface area contributed by atoms with Gasteiger partial charge >= 0.3 is 6.18 Å². The fraction of sp³-hybridized carbons (Fsp3) is 0.161. The zero-order chi connectivity index (χ0) is 28.4. The summed E-state index contributed by atoms with van der Waals surface area (Å²) in [6, 6.07) is 22.3. The number of nitrogens with zero attached hydrogens (tertiary/aromatic N) is 1. The molecule has 1 unspecified atom stereocenters. The maximum Gasteiger partial charge on any atom is 0.418 e. The first-order chi connectivity index (χ1) is 19.8. The maximum absolute atomic E-state index is 14.2. The van der Waals surface area contributed by atoms with Gasteiger partial charge in [0.25, 0.3) is 5.91 Å². The molecule has 0 saturated heterocycles. The summed E-state index contributed by atoms with van der Waals surface area (Å²) in [5, 5.41) is 2.35. The lowest BCUT2D eigenvalue weighted by atomic mass is 9.77. The van der Waals surface area contributed by atoms with Crippen LogP contribution in [0.5, 0.6) is 17.2 Å². The minimum Gasteiger partial charge on any atom is -0.491 e. The SMILES string of the molecule is O=C(Nc1ccccc1C(F)(F)F)c1ccc(CN2C(=O)C3(COc4cc5c(cc43)OCO5)c3ccccc32)cc1. The summed E-state index contributed by atoms with van der Waals surface area (Å²) in [7, 11) is 0. The van der Waals surface area contributed by atoms with Crippen molar-refractivity contribution in [2.24, 2.45) is 0 Å². The summed E-state index contributed by atoms with van der Waals surface area (Å²) in [5.74, 6) is 0.878. The van der Waals surface area contributed by atoms with Gasteiger partial charge in [0.1, 0.15) is 17.8 Å². The summed E-state index contributed by atoms with van der Waals surface area (Å²) in [6.45, 7) is 0.455. The number of nitrogens with one attached hydrogen (secondary N) is 1. The minimum atomic E-state index is -4.60. The number of halogens is 3. The second-order valence-corrected chi connectivity index (χ2v) is 10.00. The molecule has 7 rings (SSSR count). The molecule has 2 amide bonds. The van der Waals surface area contributed by atoms with Crippen LogP contribution in [0.3, 0.4) is 0 Å². The van der Waals surface area contributed by atoms with E-state index in [2.05, 4.69) is 5.32 Å². The molecule has 0 fully saturated rings. The van der Waals surface area contributed by atoms with E-state index in [0.717, 1.165) is 22.9 Å². The summed E-state index contributed by atoms with van der Waals surface area (Å²) in [5.41, 5.74) is 0.921. The van der Waals surface area contributed by atoms with Gasteiger partial charge in [0.05, 0.1) is 17.8 Å². The Morgan fingerprint density at radius 3 is 2.34 bits per heavy atom. The van der Waals surface area contributed by atoms with Crippen molar-refractivity contribution in [3.05, 3.63) is 113 Å². The van der Waals surface area contributed by atoms with Crippen molar-refractivity contribution in [2.75, 3.05) is 23.6 Å². The number of carbonyl (C=O) groups is 2. The summed E-state index contributed by atoms with van der Waals surface area (Å²) < 4.78 is 57.1. The number of anilines is 2. The standard InChI is InChI=1S/C31H21F3N2O5/c32-31(33,34)20-5-1-3-7-23(20)35-28(37)19-11-9-18(10-12-19)15-36-24-8-4-2-6-21(24)30(29(36)38)16-39-25-14-27-26(13-22(25)30)40-17-41-27/h1-14H,15-17H2,(H,35,37). The van der Waals surface area contributed by atoms with Crippen molar-refractivity contribution >= 4 is 23.2 Å². The van der Waals surface area contributed by atoms with Crippen LogP contribution < -0.4 is 24.4 Å². The van der Waals surface area contributed by atoms with Crippen molar-refractivity contribution in [3.8, 4) is 17.2 Å². The molecule has 1 N–H and O–H groups in total. The Bertz CT molecular complexity index is 1720. The molecule has 3 aliphatic heterocycles. The van der Waals surface area contributed by atoms with E-state index >= 15 is 0 Å². The number of fused-ring (bicyclic) bond motifs is 5. The molecular formula is C31H21F3N2O5. The lowest BCUT2D eigenvalue weighted by Crippen LogP contribution is -2.42. The fourth-order valence-corrected chi connectivity index (χ4v) is 5.70. The molecule has 4 aromatic carbocycles. The number of alkyl halides is 3. The van der Waals surface area contributed by atoms with Gasteiger partial charge in [0.2, 0.25) is 12.7 Å². The predicted molar refractivity (Wildman–Crippen MR) is 142 cm³/mol. The zero-order valence-corrected chi connectivity index (χ0v) is 21.3. The number of carbonyl (C=O) groups excluding carboxylic acids is 2. The van der Waals surface area contributed by atoms with E-state index in [-0.39, 0.29) is 37.1 Å². The van der Waals surface area contributed by atoms with Crippen LogP contribution in [0.1, 0.15) is 32.6 Å². The Morgan fingerprint density at radius 1 is 0.854 bits per heavy atom. The Balaban J connectivity index is 1.15. The van der Waals surface area contributed by atoms with Crippen LogP contribution in [0, 0.1) is 0 Å². The highest BCUT2D eigenvalue weighted by molar-refractivity contribution is 6.11. The first-order valence-electron chi connectivity index (χ1n) is 12.8. The van der Waals surface area contributed by atoms with Crippen LogP contribution in [-0.4, -0.2) is 25.2 Å². The molecule has 10 heteroatoms. The summed E-state index contributed by atoms with van der Waals surface area (Å²) >= 11 is 0. The third kappa shape index (κ3) is 3.89. The molecule has 3 heterocycles. The molecule has 4 aromatic rings. The lowest BCUT2D eigenvalue weighted by molar-refractivity contribution is -0.137. The van der Waals surface area contributed by atoms with Crippen molar-refractivity contribution in [2.45, 2.75) is 18.1 Å². The van der Waals surface area contributed by atoms with Crippen molar-refractivity contribution in [1.29, 1.82) is 0 Å². The highest BCUT2D eigenvalue weighted by Crippen LogP contribution is 2.55. The van der Waals surface area contributed by atoms with Gasteiger partial charge in [-0.05, 0) is 47.5 Å². The Morgan fingerprint density at radius 2 is 1.56 bits per heavy atom. The molecule has 1 atom stereocenters. The van der Waals surface area contributed by atoms with Crippen LogP contribution >= 0.6 is 0 Å². The van der Waals surface area contributed by atoms with Crippen LogP contribution in [0.2, 0.25) is 0 Å². The second-order valence-electron chi connectivity index (χ2n) is 10.00. The maximum atomic E-state index is 14.2. The van der Waals surface area contributed by atoms with Gasteiger partial charge in [0.15, 0.2) is 11.5 Å². The van der Waals surface area contributed by atoms with E-state index < -0.39 is 23.1 Å². The molecule has 41 heavy (non-hydrogen) atoms. The van der Waals surface area contributed by atoms with Crippen LogP contribution in [0.25, 0.3) is 0 Å². The third-order valence-corrected chi connectivity index (χ3v) is 7.68. The van der Waals surface area contributed by atoms with Gasteiger partial charge in [-0.3, -0.25) is 9.59 Å². The molecule has 1 spiro atoms. The van der Waals surface area contributed by atoms with Gasteiger partial charge in [-0.2, -0.15) is 13.2 Å². The quantitative estimate of drug-likeness (QED) is 0.337. The third-order valence-electron chi connectivity index (χ3n) is 7.68. The Hall–Kier alpha value is -4.99. The Kier molecular flexibility index (Phi) is 5.50. The molecule has 3 aliphatic rings. The fourth-order valence-electron chi connectivity index (χ4n) is 5.70. The van der Waals surface area contributed by atoms with E-state index in [1.807, 2.05) is 30.3 Å². The number of hydrogen-bond acceptors (Lipinski definition) is 5. The monoisotopic (exact) mass is 558 g/mol. The smallest absolute Gasteiger partial charge is 0.418 e. The van der Waals surface area contributed by atoms with Gasteiger partial charge in [-0.15, -0.1) is 0 Å². The number of rotatable bonds is 4. The topological polar surface area (TPSA) is 77.1 Å². The molecule has 7 nitrogen and oxygen atoms in total. The largest absolute Gasteiger partial charge is 0.491 e. The highest BCUT2D eigenvalue weighted by Gasteiger charge is 2.57. The van der Waals surface area contributed by atoms with Crippen molar-refractivity contribution in [3.63, 3.8) is 0 Å². The zero-order valence-electron chi connectivity index (χ0n) is 21.3. The first kappa shape index (κ1) is 25.0. The van der Waals surface area contributed by atoms with Crippen LogP contribution in [-0.2, 0) is 22.9 Å². The Labute approximate surface area is 232 Å². The molecule has 0 aliphatic carbocycles. The molecule has 0 saturated carbocycles. The van der Waals surface area contributed by atoms with E-state index in [1.165, 1.54) is 30.3 Å². The normalized spacial score (nSPS) is 18.3. The average Bonchev–Trinajstić information content (AvgIpc) is 3.64. The van der Waals surface area contributed by atoms with Gasteiger partial charge in [0, 0.05) is 22.9 Å². The number of ether oxygens (including phenoxy) is 3. The van der Waals surface area contributed by atoms with E-state index in [1.54, 1.807) is 23.1 Å². The second kappa shape index (κ2) is 9.02. The van der Waals surface area contributed by atoms with Gasteiger partial charge in [-0.25, -0.2) is 0 Å². The number of amides is 2. The van der Waals surface area contributed by atoms with E-state index in [4.69, 9.17) is 14.2 Å². The summed E-state index contributed by atoms with van der Waals surface area (Å²) in [6.07, 6.45) is -4.60. The number of hydrogen-bond donors (Lipinski definition) is 1. The van der Waals surface area contributed by atoms with Crippen molar-refractivity contribution in [1.82, 2.24) is 0 Å². The van der Waals surface area contributed by atoms with Crippen LogP contribution in [0.4, 0.5) is 24.5 Å². The van der Waals surface area contributed by atoms with E-state index in [9.17, 15) is 22.8 Å². The number of para-hydroxylation sites is 2. The van der Waals surface area contributed by atoms with Crippen molar-refractivity contribution < 1.29 is 37.0 Å². The lowest BCUT2D eigenvalue weighted by Gasteiger charge is -2.23. The molecule has 0 radical (unpaired) electrons. The minimum absolute atomic E-state index is 0.102. The highest BCUT2D eigenvalue weighted by atomic mass is 19.4. The average molecular weight is 559 g/mol. The predicted octanol–water partition coefficient (Wildman–Crippen LogP) is 5.91. The number of benzene rings is 4. The molecule has 0 bridgehead atoms. The van der Waals surface area contributed by atoms with Crippen LogP contribution in [0.15, 0.2) is 84.9 Å². The van der Waals surface area contributed by atoms with Gasteiger partial charge in [-0.1, -0.05) is 42.5 Å². The van der Waals surface area contributed by atoms with E-state index in [0.29, 0.717) is 22.8 Å². The molecule has 0 aromatic heterocycles. The van der Waals surface area contributed by atoms with Gasteiger partial charge < -0.3 is 24.4 Å². The molecule has 206 valence electrons.